The third kappa shape index (κ3) is 9.51. The fourth-order valence-corrected chi connectivity index (χ4v) is 3.48. The van der Waals surface area contributed by atoms with Crippen molar-refractivity contribution in [1.82, 2.24) is 15.5 Å². The predicted octanol–water partition coefficient (Wildman–Crippen LogP) is 2.73. The van der Waals surface area contributed by atoms with Gasteiger partial charge in [-0.3, -0.25) is 9.79 Å². The highest BCUT2D eigenvalue weighted by molar-refractivity contribution is 14.0. The summed E-state index contributed by atoms with van der Waals surface area (Å²) in [4.78, 5) is 18.0. The molecule has 1 atom stereocenters. The third-order valence-corrected chi connectivity index (χ3v) is 4.91. The smallest absolute Gasteiger partial charge is 0.221 e. The van der Waals surface area contributed by atoms with E-state index in [0.29, 0.717) is 6.54 Å². The van der Waals surface area contributed by atoms with Crippen molar-refractivity contribution in [2.24, 2.45) is 16.6 Å². The highest BCUT2D eigenvalue weighted by Gasteiger charge is 2.23. The molecule has 0 spiro atoms. The van der Waals surface area contributed by atoms with E-state index in [9.17, 15) is 4.79 Å². The number of benzene rings is 1. The maximum atomic E-state index is 11.4. The minimum absolute atomic E-state index is 0. The van der Waals surface area contributed by atoms with E-state index < -0.39 is 0 Å². The molecule has 1 fully saturated rings. The van der Waals surface area contributed by atoms with Gasteiger partial charge in [-0.2, -0.15) is 0 Å². The number of nitrogens with two attached hydrogens (primary N) is 1. The standard InChI is InChI=1S/C22H37N5O2.HI/c1-22(2,3)29-19-11-6-5-9-17(19)15-26-21(24-4)25-12-8-14-27-13-7-10-18(16-27)20(23)28;/h5-6,9,11,18H,7-8,10,12-16H2,1-4H3,(H2,23,28)(H2,24,25,26);1H. The van der Waals surface area contributed by atoms with Crippen LogP contribution in [0, 0.1) is 5.92 Å². The average Bonchev–Trinajstić information content (AvgIpc) is 2.67. The van der Waals surface area contributed by atoms with Gasteiger partial charge in [-0.25, -0.2) is 0 Å². The number of ether oxygens (including phenoxy) is 1. The third-order valence-electron chi connectivity index (χ3n) is 4.91. The van der Waals surface area contributed by atoms with Gasteiger partial charge in [0, 0.05) is 32.2 Å². The van der Waals surface area contributed by atoms with Crippen molar-refractivity contribution in [2.75, 3.05) is 33.2 Å². The van der Waals surface area contributed by atoms with Crippen LogP contribution in [0.3, 0.4) is 0 Å². The molecule has 30 heavy (non-hydrogen) atoms. The lowest BCUT2D eigenvalue weighted by molar-refractivity contribution is -0.123. The number of hydrogen-bond donors (Lipinski definition) is 3. The number of hydrogen-bond acceptors (Lipinski definition) is 4. The van der Waals surface area contributed by atoms with Gasteiger partial charge in [0.15, 0.2) is 5.96 Å². The lowest BCUT2D eigenvalue weighted by Gasteiger charge is -2.31. The lowest BCUT2D eigenvalue weighted by Crippen LogP contribution is -2.42. The second-order valence-electron chi connectivity index (χ2n) is 8.57. The van der Waals surface area contributed by atoms with Crippen molar-refractivity contribution in [3.63, 3.8) is 0 Å². The second-order valence-corrected chi connectivity index (χ2v) is 8.57. The van der Waals surface area contributed by atoms with Gasteiger partial charge in [0.05, 0.1) is 5.92 Å². The van der Waals surface area contributed by atoms with E-state index in [1.807, 2.05) is 39.0 Å². The number of nitrogens with zero attached hydrogens (tertiary/aromatic N) is 2. The first-order valence-electron chi connectivity index (χ1n) is 10.5. The number of aliphatic imine (C=N–C) groups is 1. The lowest BCUT2D eigenvalue weighted by atomic mass is 9.97. The van der Waals surface area contributed by atoms with Crippen LogP contribution in [0.15, 0.2) is 29.3 Å². The van der Waals surface area contributed by atoms with Crippen molar-refractivity contribution in [2.45, 2.75) is 52.2 Å². The molecule has 1 unspecified atom stereocenters. The van der Waals surface area contributed by atoms with Gasteiger partial charge in [-0.05, 0) is 59.2 Å². The Morgan fingerprint density at radius 1 is 1.30 bits per heavy atom. The van der Waals surface area contributed by atoms with E-state index in [1.54, 1.807) is 7.05 Å². The predicted molar refractivity (Wildman–Crippen MR) is 133 cm³/mol. The van der Waals surface area contributed by atoms with E-state index in [1.165, 1.54) is 0 Å². The molecule has 0 radical (unpaired) electrons. The fraction of sp³-hybridized carbons (Fsp3) is 0.636. The molecule has 0 aromatic heterocycles. The number of carbonyl (C=O) groups excluding carboxylic acids is 1. The van der Waals surface area contributed by atoms with E-state index in [2.05, 4.69) is 26.6 Å². The Kier molecular flexibility index (Phi) is 11.5. The van der Waals surface area contributed by atoms with Crippen molar-refractivity contribution in [1.29, 1.82) is 0 Å². The molecule has 1 amide bonds. The molecule has 170 valence electrons. The molecule has 1 aromatic rings. The van der Waals surface area contributed by atoms with Crippen LogP contribution in [0.4, 0.5) is 0 Å². The molecule has 1 aliphatic rings. The van der Waals surface area contributed by atoms with Crippen LogP contribution < -0.4 is 21.1 Å². The van der Waals surface area contributed by atoms with Gasteiger partial charge < -0.3 is 26.0 Å². The SMILES string of the molecule is CN=C(NCCCN1CCCC(C(N)=O)C1)NCc1ccccc1OC(C)(C)C.I. The Labute approximate surface area is 198 Å². The van der Waals surface area contributed by atoms with Crippen LogP contribution in [0.5, 0.6) is 5.75 Å². The van der Waals surface area contributed by atoms with E-state index in [-0.39, 0.29) is 41.4 Å². The fourth-order valence-electron chi connectivity index (χ4n) is 3.48. The number of para-hydroxylation sites is 1. The Morgan fingerprint density at radius 2 is 2.03 bits per heavy atom. The summed E-state index contributed by atoms with van der Waals surface area (Å²) >= 11 is 0. The Hall–Kier alpha value is -1.55. The normalized spacial score (nSPS) is 17.7. The average molecular weight is 531 g/mol. The molecule has 8 heteroatoms. The quantitative estimate of drug-likeness (QED) is 0.208. The molecule has 1 saturated heterocycles. The molecule has 1 heterocycles. The zero-order chi connectivity index (χ0) is 21.3. The summed E-state index contributed by atoms with van der Waals surface area (Å²) in [6.45, 7) is 10.4. The number of halogens is 1. The molecule has 0 saturated carbocycles. The molecular weight excluding hydrogens is 493 g/mol. The number of nitrogens with one attached hydrogen (secondary N) is 2. The molecule has 1 aliphatic heterocycles. The summed E-state index contributed by atoms with van der Waals surface area (Å²) < 4.78 is 6.05. The molecule has 0 aliphatic carbocycles. The minimum Gasteiger partial charge on any atom is -0.488 e. The number of guanidine groups is 1. The zero-order valence-electron chi connectivity index (χ0n) is 18.7. The van der Waals surface area contributed by atoms with Crippen molar-refractivity contribution in [3.8, 4) is 5.75 Å². The molecule has 1 aromatic carbocycles. The van der Waals surface area contributed by atoms with E-state index in [0.717, 1.165) is 62.7 Å². The van der Waals surface area contributed by atoms with Gasteiger partial charge in [0.1, 0.15) is 11.4 Å². The second kappa shape index (κ2) is 13.0. The van der Waals surface area contributed by atoms with Gasteiger partial charge in [-0.15, -0.1) is 24.0 Å². The Bertz CT molecular complexity index is 690. The largest absolute Gasteiger partial charge is 0.488 e. The first kappa shape index (κ1) is 26.5. The van der Waals surface area contributed by atoms with E-state index in [4.69, 9.17) is 10.5 Å². The number of carbonyl (C=O) groups is 1. The molecule has 4 N–H and O–H groups in total. The Morgan fingerprint density at radius 3 is 2.70 bits per heavy atom. The van der Waals surface area contributed by atoms with Crippen LogP contribution in [-0.4, -0.2) is 55.6 Å². The van der Waals surface area contributed by atoms with Crippen molar-refractivity contribution >= 4 is 35.8 Å². The highest BCUT2D eigenvalue weighted by Crippen LogP contribution is 2.22. The molecule has 0 bridgehead atoms. The van der Waals surface area contributed by atoms with Crippen LogP contribution in [0.2, 0.25) is 0 Å². The van der Waals surface area contributed by atoms with Gasteiger partial charge in [0.25, 0.3) is 0 Å². The highest BCUT2D eigenvalue weighted by atomic mass is 127. The maximum absolute atomic E-state index is 11.4. The zero-order valence-corrected chi connectivity index (χ0v) is 21.1. The number of primary amides is 1. The molecule has 2 rings (SSSR count). The van der Waals surface area contributed by atoms with E-state index >= 15 is 0 Å². The summed E-state index contributed by atoms with van der Waals surface area (Å²) in [5, 5.41) is 6.72. The van der Waals surface area contributed by atoms with Crippen LogP contribution in [0.25, 0.3) is 0 Å². The molecular formula is C22H38IN5O2. The van der Waals surface area contributed by atoms with Crippen LogP contribution in [-0.2, 0) is 11.3 Å². The Balaban J connectivity index is 0.00000450. The van der Waals surface area contributed by atoms with Crippen molar-refractivity contribution < 1.29 is 9.53 Å². The summed E-state index contributed by atoms with van der Waals surface area (Å²) in [7, 11) is 1.77. The number of amides is 1. The van der Waals surface area contributed by atoms with Crippen LogP contribution in [0.1, 0.15) is 45.6 Å². The summed E-state index contributed by atoms with van der Waals surface area (Å²) in [5.74, 6) is 1.48. The molecule has 7 nitrogen and oxygen atoms in total. The first-order valence-corrected chi connectivity index (χ1v) is 10.5. The van der Waals surface area contributed by atoms with Crippen LogP contribution >= 0.6 is 24.0 Å². The number of piperidine rings is 1. The maximum Gasteiger partial charge on any atom is 0.221 e. The topological polar surface area (TPSA) is 92.0 Å². The summed E-state index contributed by atoms with van der Waals surface area (Å²) in [5.41, 5.74) is 6.31. The minimum atomic E-state index is -0.238. The summed E-state index contributed by atoms with van der Waals surface area (Å²) in [6, 6.07) is 8.06. The van der Waals surface area contributed by atoms with Crippen molar-refractivity contribution in [3.05, 3.63) is 29.8 Å². The van der Waals surface area contributed by atoms with Gasteiger partial charge in [-0.1, -0.05) is 18.2 Å². The summed E-state index contributed by atoms with van der Waals surface area (Å²) in [6.07, 6.45) is 2.94. The number of likely N-dealkylation sites (tertiary alicyclic amines) is 1. The monoisotopic (exact) mass is 531 g/mol. The number of rotatable bonds is 8. The van der Waals surface area contributed by atoms with Gasteiger partial charge >= 0.3 is 0 Å². The first-order chi connectivity index (χ1) is 13.8. The van der Waals surface area contributed by atoms with Gasteiger partial charge in [0.2, 0.25) is 5.91 Å².